The quantitative estimate of drug-likeness (QED) is 0.809. The number of amides is 2. The standard InChI is InChI=1S/C21H23ClN2O3/c1-14-5-4-6-16(11-14)21(26)24-10-9-23(13-15(24)2)20(25)17-7-8-18(22)19(12-17)27-3/h4-8,11-12,15H,9-10,13H2,1-3H3/t15-/m0/s1. The number of rotatable bonds is 3. The molecule has 0 unspecified atom stereocenters. The average molecular weight is 387 g/mol. The first-order valence-electron chi connectivity index (χ1n) is 8.91. The minimum Gasteiger partial charge on any atom is -0.495 e. The van der Waals surface area contributed by atoms with Crippen molar-refractivity contribution in [2.75, 3.05) is 26.7 Å². The van der Waals surface area contributed by atoms with E-state index in [0.717, 1.165) is 5.56 Å². The first-order valence-corrected chi connectivity index (χ1v) is 9.29. The van der Waals surface area contributed by atoms with E-state index in [1.807, 2.05) is 43.0 Å². The summed E-state index contributed by atoms with van der Waals surface area (Å²) < 4.78 is 5.20. The Labute approximate surface area is 164 Å². The zero-order chi connectivity index (χ0) is 19.6. The molecule has 1 fully saturated rings. The fraction of sp³-hybridized carbons (Fsp3) is 0.333. The highest BCUT2D eigenvalue weighted by molar-refractivity contribution is 6.32. The van der Waals surface area contributed by atoms with Crippen LogP contribution < -0.4 is 4.74 Å². The van der Waals surface area contributed by atoms with Crippen LogP contribution in [0.4, 0.5) is 0 Å². The molecule has 0 saturated carbocycles. The summed E-state index contributed by atoms with van der Waals surface area (Å²) >= 11 is 6.04. The molecule has 0 radical (unpaired) electrons. The third kappa shape index (κ3) is 4.08. The summed E-state index contributed by atoms with van der Waals surface area (Å²) in [7, 11) is 1.52. The molecule has 3 rings (SSSR count). The molecule has 5 nitrogen and oxygen atoms in total. The molecule has 0 aliphatic carbocycles. The van der Waals surface area contributed by atoms with Crippen LogP contribution in [0.25, 0.3) is 0 Å². The van der Waals surface area contributed by atoms with Gasteiger partial charge >= 0.3 is 0 Å². The highest BCUT2D eigenvalue weighted by Gasteiger charge is 2.31. The highest BCUT2D eigenvalue weighted by atomic mass is 35.5. The van der Waals surface area contributed by atoms with Crippen molar-refractivity contribution in [3.63, 3.8) is 0 Å². The van der Waals surface area contributed by atoms with Crippen LogP contribution in [-0.2, 0) is 0 Å². The van der Waals surface area contributed by atoms with E-state index in [0.29, 0.717) is 41.5 Å². The van der Waals surface area contributed by atoms with Gasteiger partial charge in [0, 0.05) is 36.8 Å². The summed E-state index contributed by atoms with van der Waals surface area (Å²) in [5.41, 5.74) is 2.27. The van der Waals surface area contributed by atoms with Crippen molar-refractivity contribution < 1.29 is 14.3 Å². The van der Waals surface area contributed by atoms with Crippen LogP contribution in [0.5, 0.6) is 5.75 Å². The summed E-state index contributed by atoms with van der Waals surface area (Å²) in [6.45, 7) is 5.42. The minimum atomic E-state index is -0.0838. The second-order valence-electron chi connectivity index (χ2n) is 6.82. The van der Waals surface area contributed by atoms with E-state index in [9.17, 15) is 9.59 Å². The summed E-state index contributed by atoms with van der Waals surface area (Å²) in [5.74, 6) is 0.398. The Balaban J connectivity index is 1.71. The maximum atomic E-state index is 12.8. The zero-order valence-electron chi connectivity index (χ0n) is 15.7. The lowest BCUT2D eigenvalue weighted by Gasteiger charge is -2.40. The molecule has 1 aliphatic heterocycles. The smallest absolute Gasteiger partial charge is 0.254 e. The van der Waals surface area contributed by atoms with Crippen LogP contribution in [0.2, 0.25) is 5.02 Å². The molecule has 1 heterocycles. The lowest BCUT2D eigenvalue weighted by Crippen LogP contribution is -2.55. The number of piperazine rings is 1. The van der Waals surface area contributed by atoms with Gasteiger partial charge in [-0.1, -0.05) is 29.3 Å². The molecular formula is C21H23ClN2O3. The largest absolute Gasteiger partial charge is 0.495 e. The predicted octanol–water partition coefficient (Wildman–Crippen LogP) is 3.64. The van der Waals surface area contributed by atoms with Gasteiger partial charge in [-0.15, -0.1) is 0 Å². The maximum Gasteiger partial charge on any atom is 0.254 e. The van der Waals surface area contributed by atoms with Gasteiger partial charge in [-0.2, -0.15) is 0 Å². The van der Waals surface area contributed by atoms with Crippen LogP contribution in [0.3, 0.4) is 0 Å². The molecule has 0 aromatic heterocycles. The van der Waals surface area contributed by atoms with Gasteiger partial charge in [0.1, 0.15) is 5.75 Å². The van der Waals surface area contributed by atoms with Gasteiger partial charge in [0.25, 0.3) is 11.8 Å². The molecule has 142 valence electrons. The van der Waals surface area contributed by atoms with E-state index in [2.05, 4.69) is 0 Å². The van der Waals surface area contributed by atoms with E-state index in [1.165, 1.54) is 7.11 Å². The molecular weight excluding hydrogens is 364 g/mol. The molecule has 2 aromatic carbocycles. The van der Waals surface area contributed by atoms with E-state index in [-0.39, 0.29) is 17.9 Å². The van der Waals surface area contributed by atoms with Crippen molar-refractivity contribution in [2.45, 2.75) is 19.9 Å². The molecule has 27 heavy (non-hydrogen) atoms. The Hall–Kier alpha value is -2.53. The number of carbonyl (C=O) groups excluding carboxylic acids is 2. The van der Waals surface area contributed by atoms with Gasteiger partial charge in [0.15, 0.2) is 0 Å². The van der Waals surface area contributed by atoms with Gasteiger partial charge in [-0.3, -0.25) is 9.59 Å². The van der Waals surface area contributed by atoms with E-state index < -0.39 is 0 Å². The zero-order valence-corrected chi connectivity index (χ0v) is 16.5. The summed E-state index contributed by atoms with van der Waals surface area (Å²) in [4.78, 5) is 29.3. The van der Waals surface area contributed by atoms with Crippen molar-refractivity contribution >= 4 is 23.4 Å². The van der Waals surface area contributed by atoms with Gasteiger partial charge < -0.3 is 14.5 Å². The average Bonchev–Trinajstić information content (AvgIpc) is 2.67. The van der Waals surface area contributed by atoms with E-state index >= 15 is 0 Å². The van der Waals surface area contributed by atoms with Crippen molar-refractivity contribution in [1.29, 1.82) is 0 Å². The molecule has 0 spiro atoms. The topological polar surface area (TPSA) is 49.9 Å². The Morgan fingerprint density at radius 2 is 1.81 bits per heavy atom. The van der Waals surface area contributed by atoms with Crippen LogP contribution in [0.15, 0.2) is 42.5 Å². The second kappa shape index (κ2) is 8.01. The summed E-state index contributed by atoms with van der Waals surface area (Å²) in [5, 5.41) is 0.469. The van der Waals surface area contributed by atoms with Crippen molar-refractivity contribution in [3.05, 3.63) is 64.2 Å². The Bertz CT molecular complexity index is 868. The van der Waals surface area contributed by atoms with E-state index in [4.69, 9.17) is 16.3 Å². The number of hydrogen-bond acceptors (Lipinski definition) is 3. The van der Waals surface area contributed by atoms with Crippen molar-refractivity contribution in [1.82, 2.24) is 9.80 Å². The van der Waals surface area contributed by atoms with Crippen molar-refractivity contribution in [3.8, 4) is 5.75 Å². The molecule has 1 atom stereocenters. The lowest BCUT2D eigenvalue weighted by molar-refractivity contribution is 0.0414. The minimum absolute atomic E-state index is 0.00598. The van der Waals surface area contributed by atoms with Crippen LogP contribution in [0.1, 0.15) is 33.2 Å². The summed E-state index contributed by atoms with van der Waals surface area (Å²) in [6.07, 6.45) is 0. The Morgan fingerprint density at radius 3 is 2.48 bits per heavy atom. The van der Waals surface area contributed by atoms with Gasteiger partial charge in [0.2, 0.25) is 0 Å². The fourth-order valence-corrected chi connectivity index (χ4v) is 3.56. The van der Waals surface area contributed by atoms with Gasteiger partial charge in [-0.05, 0) is 44.2 Å². The van der Waals surface area contributed by atoms with Crippen LogP contribution in [-0.4, -0.2) is 54.4 Å². The lowest BCUT2D eigenvalue weighted by atomic mass is 10.1. The molecule has 1 aliphatic rings. The number of hydrogen-bond donors (Lipinski definition) is 0. The maximum absolute atomic E-state index is 12.8. The normalized spacial score (nSPS) is 17.0. The Morgan fingerprint density at radius 1 is 1.07 bits per heavy atom. The van der Waals surface area contributed by atoms with Crippen LogP contribution in [0, 0.1) is 6.92 Å². The fourth-order valence-electron chi connectivity index (χ4n) is 3.36. The van der Waals surface area contributed by atoms with Gasteiger partial charge in [-0.25, -0.2) is 0 Å². The molecule has 2 amide bonds. The molecule has 0 N–H and O–H groups in total. The number of ether oxygens (including phenoxy) is 1. The first-order chi connectivity index (χ1) is 12.9. The third-order valence-corrected chi connectivity index (χ3v) is 5.15. The number of halogens is 1. The highest BCUT2D eigenvalue weighted by Crippen LogP contribution is 2.26. The van der Waals surface area contributed by atoms with Crippen LogP contribution >= 0.6 is 11.6 Å². The molecule has 1 saturated heterocycles. The van der Waals surface area contributed by atoms with Crippen molar-refractivity contribution in [2.24, 2.45) is 0 Å². The Kier molecular flexibility index (Phi) is 5.71. The monoisotopic (exact) mass is 386 g/mol. The third-order valence-electron chi connectivity index (χ3n) is 4.84. The number of benzene rings is 2. The number of carbonyl (C=O) groups is 2. The van der Waals surface area contributed by atoms with Gasteiger partial charge in [0.05, 0.1) is 12.1 Å². The second-order valence-corrected chi connectivity index (χ2v) is 7.22. The molecule has 0 bridgehead atoms. The summed E-state index contributed by atoms with van der Waals surface area (Å²) in [6, 6.07) is 12.5. The number of nitrogens with zero attached hydrogens (tertiary/aromatic N) is 2. The van der Waals surface area contributed by atoms with E-state index in [1.54, 1.807) is 23.1 Å². The first kappa shape index (κ1) is 19.2. The molecule has 2 aromatic rings. The number of aryl methyl sites for hydroxylation is 1. The number of methoxy groups -OCH3 is 1. The SMILES string of the molecule is COc1cc(C(=O)N2CCN(C(=O)c3cccc(C)c3)[C@@H](C)C2)ccc1Cl. The predicted molar refractivity (Wildman–Crippen MR) is 106 cm³/mol. The molecule has 6 heteroatoms.